The molecule has 0 bridgehead atoms. The minimum Gasteiger partial charge on any atom is -0.368 e. The van der Waals surface area contributed by atoms with E-state index in [-0.39, 0.29) is 18.5 Å². The van der Waals surface area contributed by atoms with Gasteiger partial charge < -0.3 is 10.6 Å². The highest BCUT2D eigenvalue weighted by Gasteiger charge is 2.29. The number of carbonyl (C=O) groups is 2. The summed E-state index contributed by atoms with van der Waals surface area (Å²) >= 11 is 0. The predicted octanol–water partition coefficient (Wildman–Crippen LogP) is 2.54. The monoisotopic (exact) mass is 310 g/mol. The van der Waals surface area contributed by atoms with Gasteiger partial charge in [0.25, 0.3) is 0 Å². The topological polar surface area (TPSA) is 63.4 Å². The molecule has 0 saturated carbocycles. The number of hydrogen-bond donors (Lipinski definition) is 1. The lowest BCUT2D eigenvalue weighted by molar-refractivity contribution is -0.137. The molecule has 2 rings (SSSR count). The molecule has 4 nitrogen and oxygen atoms in total. The Bertz CT molecular complexity index is 614. The normalized spacial score (nSPS) is 10.8. The fourth-order valence-corrected chi connectivity index (χ4v) is 2.62. The van der Waals surface area contributed by atoms with Gasteiger partial charge in [-0.2, -0.15) is 0 Å². The molecule has 0 aliphatic heterocycles. The zero-order valence-electron chi connectivity index (χ0n) is 13.5. The molecule has 0 fully saturated rings. The van der Waals surface area contributed by atoms with Gasteiger partial charge >= 0.3 is 0 Å². The maximum Gasteiger partial charge on any atom is 0.237 e. The van der Waals surface area contributed by atoms with Crippen molar-refractivity contribution in [3.05, 3.63) is 71.8 Å². The molecular formula is C19H22N2O2. The van der Waals surface area contributed by atoms with E-state index < -0.39 is 11.8 Å². The number of nitrogens with two attached hydrogens (primary N) is 1. The maximum absolute atomic E-state index is 13.1. The van der Waals surface area contributed by atoms with Gasteiger partial charge in [0.15, 0.2) is 0 Å². The number of benzene rings is 2. The van der Waals surface area contributed by atoms with Gasteiger partial charge in [-0.3, -0.25) is 9.59 Å². The van der Waals surface area contributed by atoms with E-state index in [1.165, 1.54) is 4.90 Å². The second kappa shape index (κ2) is 7.58. The first-order chi connectivity index (χ1) is 11.0. The van der Waals surface area contributed by atoms with Crippen molar-refractivity contribution in [1.29, 1.82) is 0 Å². The quantitative estimate of drug-likeness (QED) is 0.891. The van der Waals surface area contributed by atoms with E-state index in [0.717, 1.165) is 11.1 Å². The Hall–Kier alpha value is -2.62. The number of primary amides is 1. The first-order valence-corrected chi connectivity index (χ1v) is 7.69. The highest BCUT2D eigenvalue weighted by Crippen LogP contribution is 2.27. The van der Waals surface area contributed by atoms with E-state index in [0.29, 0.717) is 0 Å². The van der Waals surface area contributed by atoms with Gasteiger partial charge in [0.2, 0.25) is 11.8 Å². The average Bonchev–Trinajstić information content (AvgIpc) is 2.54. The summed E-state index contributed by atoms with van der Waals surface area (Å²) in [5.74, 6) is -1.07. The molecular weight excluding hydrogens is 288 g/mol. The molecule has 2 amide bonds. The number of carbonyl (C=O) groups excluding carboxylic acids is 2. The molecule has 2 N–H and O–H groups in total. The third-order valence-electron chi connectivity index (χ3n) is 3.75. The molecule has 0 aromatic heterocycles. The predicted molar refractivity (Wildman–Crippen MR) is 90.8 cm³/mol. The first kappa shape index (κ1) is 16.7. The smallest absolute Gasteiger partial charge is 0.237 e. The van der Waals surface area contributed by atoms with Gasteiger partial charge in [-0.1, -0.05) is 60.7 Å². The average molecular weight is 310 g/mol. The number of amides is 2. The van der Waals surface area contributed by atoms with Crippen molar-refractivity contribution in [2.75, 3.05) is 6.54 Å². The largest absolute Gasteiger partial charge is 0.368 e. The Kier molecular flexibility index (Phi) is 5.52. The van der Waals surface area contributed by atoms with E-state index in [4.69, 9.17) is 5.73 Å². The van der Waals surface area contributed by atoms with Gasteiger partial charge in [-0.05, 0) is 25.0 Å². The summed E-state index contributed by atoms with van der Waals surface area (Å²) in [5.41, 5.74) is 7.12. The molecule has 0 heterocycles. The minimum atomic E-state index is -0.507. The summed E-state index contributed by atoms with van der Waals surface area (Å²) in [6, 6.07) is 19.1. The number of nitrogens with zero attached hydrogens (tertiary/aromatic N) is 1. The van der Waals surface area contributed by atoms with Crippen LogP contribution >= 0.6 is 0 Å². The summed E-state index contributed by atoms with van der Waals surface area (Å²) in [6.07, 6.45) is 0. The zero-order chi connectivity index (χ0) is 16.8. The van der Waals surface area contributed by atoms with Gasteiger partial charge in [0.1, 0.15) is 0 Å². The lowest BCUT2D eigenvalue weighted by Gasteiger charge is -2.30. The molecule has 0 unspecified atom stereocenters. The van der Waals surface area contributed by atoms with Gasteiger partial charge in [-0.25, -0.2) is 0 Å². The van der Waals surface area contributed by atoms with Crippen molar-refractivity contribution >= 4 is 11.8 Å². The van der Waals surface area contributed by atoms with Crippen LogP contribution in [-0.4, -0.2) is 29.3 Å². The fourth-order valence-electron chi connectivity index (χ4n) is 2.62. The Morgan fingerprint density at radius 2 is 1.35 bits per heavy atom. The van der Waals surface area contributed by atoms with Crippen LogP contribution in [0.2, 0.25) is 0 Å². The van der Waals surface area contributed by atoms with Crippen molar-refractivity contribution in [1.82, 2.24) is 4.90 Å². The van der Waals surface area contributed by atoms with Crippen LogP contribution in [0.5, 0.6) is 0 Å². The minimum absolute atomic E-state index is 0.0767. The Balaban J connectivity index is 2.44. The zero-order valence-corrected chi connectivity index (χ0v) is 13.5. The summed E-state index contributed by atoms with van der Waals surface area (Å²) in [4.78, 5) is 26.0. The number of rotatable bonds is 6. The molecule has 0 radical (unpaired) electrons. The van der Waals surface area contributed by atoms with Crippen LogP contribution < -0.4 is 5.73 Å². The molecule has 0 saturated heterocycles. The molecule has 23 heavy (non-hydrogen) atoms. The van der Waals surface area contributed by atoms with Crippen molar-refractivity contribution in [3.8, 4) is 0 Å². The maximum atomic E-state index is 13.1. The van der Waals surface area contributed by atoms with Crippen LogP contribution in [0.4, 0.5) is 0 Å². The molecule has 2 aromatic rings. The van der Waals surface area contributed by atoms with E-state index >= 15 is 0 Å². The van der Waals surface area contributed by atoms with Gasteiger partial charge in [0, 0.05) is 6.04 Å². The summed E-state index contributed by atoms with van der Waals surface area (Å²) < 4.78 is 0. The molecule has 4 heteroatoms. The van der Waals surface area contributed by atoms with E-state index in [1.807, 2.05) is 74.5 Å². The van der Waals surface area contributed by atoms with Crippen LogP contribution in [0.3, 0.4) is 0 Å². The van der Waals surface area contributed by atoms with Crippen LogP contribution in [0.15, 0.2) is 60.7 Å². The van der Waals surface area contributed by atoms with Crippen molar-refractivity contribution in [2.45, 2.75) is 25.8 Å². The lowest BCUT2D eigenvalue weighted by atomic mass is 9.89. The third-order valence-corrected chi connectivity index (χ3v) is 3.75. The van der Waals surface area contributed by atoms with Crippen LogP contribution in [-0.2, 0) is 9.59 Å². The van der Waals surface area contributed by atoms with Crippen molar-refractivity contribution in [3.63, 3.8) is 0 Å². The highest BCUT2D eigenvalue weighted by atomic mass is 16.2. The van der Waals surface area contributed by atoms with Crippen molar-refractivity contribution < 1.29 is 9.59 Å². The molecule has 0 aliphatic carbocycles. The third kappa shape index (κ3) is 4.19. The van der Waals surface area contributed by atoms with Crippen LogP contribution in [0.25, 0.3) is 0 Å². The van der Waals surface area contributed by atoms with Crippen LogP contribution in [0.1, 0.15) is 30.9 Å². The molecule has 0 aliphatic rings. The van der Waals surface area contributed by atoms with E-state index in [1.54, 1.807) is 0 Å². The summed E-state index contributed by atoms with van der Waals surface area (Å²) in [7, 11) is 0. The fraction of sp³-hybridized carbons (Fsp3) is 0.263. The molecule has 0 atom stereocenters. The van der Waals surface area contributed by atoms with Crippen molar-refractivity contribution in [2.24, 2.45) is 5.73 Å². The summed E-state index contributed by atoms with van der Waals surface area (Å²) in [6.45, 7) is 3.69. The standard InChI is InChI=1S/C19H22N2O2/c1-14(2)21(13-17(20)22)19(23)18(15-9-5-3-6-10-15)16-11-7-4-8-12-16/h3-12,14,18H,13H2,1-2H3,(H2,20,22). The second-order valence-corrected chi connectivity index (χ2v) is 5.78. The van der Waals surface area contributed by atoms with E-state index in [2.05, 4.69) is 0 Å². The summed E-state index contributed by atoms with van der Waals surface area (Å²) in [5, 5.41) is 0. The Labute approximate surface area is 136 Å². The second-order valence-electron chi connectivity index (χ2n) is 5.78. The lowest BCUT2D eigenvalue weighted by Crippen LogP contribution is -2.45. The Morgan fingerprint density at radius 1 is 0.913 bits per heavy atom. The van der Waals surface area contributed by atoms with Gasteiger partial charge in [-0.15, -0.1) is 0 Å². The van der Waals surface area contributed by atoms with E-state index in [9.17, 15) is 9.59 Å². The molecule has 2 aromatic carbocycles. The highest BCUT2D eigenvalue weighted by molar-refractivity contribution is 5.90. The van der Waals surface area contributed by atoms with Crippen LogP contribution in [0, 0.1) is 0 Å². The molecule has 0 spiro atoms. The molecule has 120 valence electrons. The van der Waals surface area contributed by atoms with Gasteiger partial charge in [0.05, 0.1) is 12.5 Å². The SMILES string of the molecule is CC(C)N(CC(N)=O)C(=O)C(c1ccccc1)c1ccccc1. The first-order valence-electron chi connectivity index (χ1n) is 7.69. The Morgan fingerprint density at radius 3 is 1.70 bits per heavy atom. The number of hydrogen-bond acceptors (Lipinski definition) is 2.